The van der Waals surface area contributed by atoms with Crippen LogP contribution < -0.4 is 4.74 Å². The Balaban J connectivity index is 2.39. The Hall–Kier alpha value is -1.62. The van der Waals surface area contributed by atoms with E-state index in [2.05, 4.69) is 17.4 Å². The Morgan fingerprint density at radius 3 is 2.22 bits per heavy atom. The highest BCUT2D eigenvalue weighted by molar-refractivity contribution is 7.80. The second-order valence-corrected chi connectivity index (χ2v) is 4.07. The highest BCUT2D eigenvalue weighted by Crippen LogP contribution is 2.32. The van der Waals surface area contributed by atoms with E-state index in [-0.39, 0.29) is 5.75 Å². The van der Waals surface area contributed by atoms with Gasteiger partial charge in [-0.2, -0.15) is 0 Å². The molecule has 0 aliphatic heterocycles. The maximum absolute atomic E-state index is 12.1. The van der Waals surface area contributed by atoms with Crippen LogP contribution in [0.25, 0.3) is 11.1 Å². The molecule has 0 heterocycles. The SMILES string of the molecule is FC(F)(F)Oc1ccc(S)c(-c2ccccc2)c1. The molecule has 0 unspecified atom stereocenters. The third kappa shape index (κ3) is 3.20. The molecule has 2 rings (SSSR count). The number of alkyl halides is 3. The van der Waals surface area contributed by atoms with Crippen LogP contribution in [0.2, 0.25) is 0 Å². The van der Waals surface area contributed by atoms with Gasteiger partial charge in [0.15, 0.2) is 0 Å². The number of rotatable bonds is 2. The maximum atomic E-state index is 12.1. The molecule has 2 aromatic carbocycles. The van der Waals surface area contributed by atoms with Crippen LogP contribution in [0.1, 0.15) is 0 Å². The molecule has 0 aliphatic carbocycles. The zero-order valence-electron chi connectivity index (χ0n) is 9.11. The summed E-state index contributed by atoms with van der Waals surface area (Å²) in [6, 6.07) is 13.1. The second kappa shape index (κ2) is 4.94. The van der Waals surface area contributed by atoms with Crippen LogP contribution in [-0.4, -0.2) is 6.36 Å². The summed E-state index contributed by atoms with van der Waals surface area (Å²) in [7, 11) is 0. The first kappa shape index (κ1) is 12.8. The molecule has 0 atom stereocenters. The van der Waals surface area contributed by atoms with Gasteiger partial charge in [0.25, 0.3) is 0 Å². The number of hydrogen-bond acceptors (Lipinski definition) is 2. The van der Waals surface area contributed by atoms with Crippen molar-refractivity contribution in [3.63, 3.8) is 0 Å². The Morgan fingerprint density at radius 2 is 1.61 bits per heavy atom. The molecular weight excluding hydrogens is 261 g/mol. The molecule has 0 fully saturated rings. The molecule has 0 bridgehead atoms. The number of halogens is 3. The summed E-state index contributed by atoms with van der Waals surface area (Å²) in [5.74, 6) is -0.251. The highest BCUT2D eigenvalue weighted by atomic mass is 32.1. The summed E-state index contributed by atoms with van der Waals surface area (Å²) in [6.45, 7) is 0. The lowest BCUT2D eigenvalue weighted by molar-refractivity contribution is -0.274. The van der Waals surface area contributed by atoms with Gasteiger partial charge in [0.1, 0.15) is 5.75 Å². The predicted octanol–water partition coefficient (Wildman–Crippen LogP) is 4.54. The van der Waals surface area contributed by atoms with Crippen molar-refractivity contribution < 1.29 is 17.9 Å². The van der Waals surface area contributed by atoms with Crippen molar-refractivity contribution in [1.82, 2.24) is 0 Å². The van der Waals surface area contributed by atoms with E-state index in [1.54, 1.807) is 24.3 Å². The lowest BCUT2D eigenvalue weighted by Crippen LogP contribution is -2.17. The van der Waals surface area contributed by atoms with Crippen LogP contribution in [0.3, 0.4) is 0 Å². The molecule has 1 nitrogen and oxygen atoms in total. The number of benzene rings is 2. The molecule has 18 heavy (non-hydrogen) atoms. The molecule has 0 saturated carbocycles. The van der Waals surface area contributed by atoms with Crippen LogP contribution in [-0.2, 0) is 0 Å². The molecule has 0 saturated heterocycles. The summed E-state index contributed by atoms with van der Waals surface area (Å²) in [5.41, 5.74) is 1.39. The van der Waals surface area contributed by atoms with Gasteiger partial charge in [-0.05, 0) is 29.3 Å². The van der Waals surface area contributed by atoms with Crippen LogP contribution in [0.5, 0.6) is 5.75 Å². The van der Waals surface area contributed by atoms with Crippen molar-refractivity contribution in [1.29, 1.82) is 0 Å². The lowest BCUT2D eigenvalue weighted by Gasteiger charge is -2.11. The molecular formula is C13H9F3OS. The van der Waals surface area contributed by atoms with Crippen molar-refractivity contribution in [3.05, 3.63) is 48.5 Å². The minimum atomic E-state index is -4.69. The average Bonchev–Trinajstić information content (AvgIpc) is 2.31. The maximum Gasteiger partial charge on any atom is 0.573 e. The predicted molar refractivity (Wildman–Crippen MR) is 65.8 cm³/mol. The zero-order chi connectivity index (χ0) is 13.2. The molecule has 0 radical (unpaired) electrons. The summed E-state index contributed by atoms with van der Waals surface area (Å²) in [6.07, 6.45) is -4.69. The molecule has 0 amide bonds. The van der Waals surface area contributed by atoms with Gasteiger partial charge in [0.2, 0.25) is 0 Å². The van der Waals surface area contributed by atoms with Crippen molar-refractivity contribution in [2.75, 3.05) is 0 Å². The summed E-state index contributed by atoms with van der Waals surface area (Å²) in [5, 5.41) is 0. The molecule has 2 aromatic rings. The quantitative estimate of drug-likeness (QED) is 0.788. The second-order valence-electron chi connectivity index (χ2n) is 3.59. The van der Waals surface area contributed by atoms with E-state index in [1.807, 2.05) is 6.07 Å². The number of ether oxygens (including phenoxy) is 1. The summed E-state index contributed by atoms with van der Waals surface area (Å²) in [4.78, 5) is 0.593. The van der Waals surface area contributed by atoms with Crippen LogP contribution in [0, 0.1) is 0 Å². The topological polar surface area (TPSA) is 9.23 Å². The Morgan fingerprint density at radius 1 is 0.944 bits per heavy atom. The molecule has 0 aromatic heterocycles. The first-order valence-corrected chi connectivity index (χ1v) is 5.54. The van der Waals surface area contributed by atoms with Crippen LogP contribution >= 0.6 is 12.6 Å². The van der Waals surface area contributed by atoms with Crippen molar-refractivity contribution in [2.24, 2.45) is 0 Å². The minimum Gasteiger partial charge on any atom is -0.406 e. The van der Waals surface area contributed by atoms with Gasteiger partial charge in [0.05, 0.1) is 0 Å². The van der Waals surface area contributed by atoms with Crippen LogP contribution in [0.15, 0.2) is 53.4 Å². The van der Waals surface area contributed by atoms with Crippen molar-refractivity contribution in [3.8, 4) is 16.9 Å². The Bertz CT molecular complexity index is 538. The third-order valence-electron chi connectivity index (χ3n) is 2.29. The van der Waals surface area contributed by atoms with E-state index >= 15 is 0 Å². The summed E-state index contributed by atoms with van der Waals surface area (Å²) >= 11 is 4.23. The van der Waals surface area contributed by atoms with Gasteiger partial charge in [-0.25, -0.2) is 0 Å². The zero-order valence-corrected chi connectivity index (χ0v) is 10.0. The Labute approximate surface area is 108 Å². The minimum absolute atomic E-state index is 0.251. The van der Waals surface area contributed by atoms with Crippen molar-refractivity contribution >= 4 is 12.6 Å². The fraction of sp³-hybridized carbons (Fsp3) is 0.0769. The smallest absolute Gasteiger partial charge is 0.406 e. The Kier molecular flexibility index (Phi) is 3.52. The average molecular weight is 270 g/mol. The van der Waals surface area contributed by atoms with Gasteiger partial charge in [-0.15, -0.1) is 25.8 Å². The first-order valence-electron chi connectivity index (χ1n) is 5.10. The molecule has 0 aliphatic rings. The molecule has 94 valence electrons. The molecule has 0 spiro atoms. The van der Waals surface area contributed by atoms with E-state index in [0.717, 1.165) is 5.56 Å². The van der Waals surface area contributed by atoms with Gasteiger partial charge in [-0.1, -0.05) is 30.3 Å². The third-order valence-corrected chi connectivity index (χ3v) is 2.68. The van der Waals surface area contributed by atoms with Crippen molar-refractivity contribution in [2.45, 2.75) is 11.3 Å². The largest absolute Gasteiger partial charge is 0.573 e. The number of thiol groups is 1. The fourth-order valence-electron chi connectivity index (χ4n) is 1.56. The highest BCUT2D eigenvalue weighted by Gasteiger charge is 2.31. The first-order chi connectivity index (χ1) is 8.46. The van der Waals surface area contributed by atoms with Gasteiger partial charge < -0.3 is 4.74 Å². The van der Waals surface area contributed by atoms with Gasteiger partial charge in [0, 0.05) is 4.90 Å². The van der Waals surface area contributed by atoms with Gasteiger partial charge >= 0.3 is 6.36 Å². The fourth-order valence-corrected chi connectivity index (χ4v) is 1.83. The standard InChI is InChI=1S/C13H9F3OS/c14-13(15,16)17-10-6-7-12(18)11(8-10)9-4-2-1-3-5-9/h1-8,18H. The lowest BCUT2D eigenvalue weighted by atomic mass is 10.1. The molecule has 0 N–H and O–H groups in total. The van der Waals surface area contributed by atoms with Crippen LogP contribution in [0.4, 0.5) is 13.2 Å². The molecule has 5 heteroatoms. The van der Waals surface area contributed by atoms with E-state index in [4.69, 9.17) is 0 Å². The van der Waals surface area contributed by atoms with E-state index in [0.29, 0.717) is 10.5 Å². The van der Waals surface area contributed by atoms with E-state index in [9.17, 15) is 13.2 Å². The van der Waals surface area contributed by atoms with Gasteiger partial charge in [-0.3, -0.25) is 0 Å². The van der Waals surface area contributed by atoms with E-state index in [1.165, 1.54) is 18.2 Å². The normalized spacial score (nSPS) is 11.3. The van der Waals surface area contributed by atoms with E-state index < -0.39 is 6.36 Å². The monoisotopic (exact) mass is 270 g/mol. The number of hydrogen-bond donors (Lipinski definition) is 1. The summed E-state index contributed by atoms with van der Waals surface area (Å²) < 4.78 is 40.3.